The van der Waals surface area contributed by atoms with Crippen LogP contribution in [-0.4, -0.2) is 18.8 Å². The first kappa shape index (κ1) is 12.0. The third kappa shape index (κ3) is 3.20. The van der Waals surface area contributed by atoms with E-state index in [9.17, 15) is 4.39 Å². The molecule has 0 atom stereocenters. The summed E-state index contributed by atoms with van der Waals surface area (Å²) >= 11 is 0. The Bertz CT molecular complexity index is 334. The molecule has 0 saturated carbocycles. The van der Waals surface area contributed by atoms with Crippen LogP contribution in [0.4, 0.5) is 4.39 Å². The molecule has 3 heteroatoms. The highest BCUT2D eigenvalue weighted by molar-refractivity contribution is 5.29. The molecule has 0 amide bonds. The molecule has 15 heavy (non-hydrogen) atoms. The van der Waals surface area contributed by atoms with Crippen molar-refractivity contribution in [2.75, 3.05) is 13.7 Å². The molecule has 1 aromatic carbocycles. The summed E-state index contributed by atoms with van der Waals surface area (Å²) in [6.45, 7) is 3.84. The number of rotatable bonds is 4. The predicted molar refractivity (Wildman–Crippen MR) is 57.5 cm³/mol. The number of aliphatic hydroxyl groups excluding tert-OH is 1. The van der Waals surface area contributed by atoms with Gasteiger partial charge in [-0.3, -0.25) is 0 Å². The molecular weight excluding hydrogens is 195 g/mol. The van der Waals surface area contributed by atoms with Crippen molar-refractivity contribution < 1.29 is 14.2 Å². The summed E-state index contributed by atoms with van der Waals surface area (Å²) in [5.74, 6) is 0.230. The standard InChI is InChI=1S/C12H17FO2/c1-12(2,8-14)7-9-4-5-10(15-3)6-11(9)13/h4-6,14H,7-8H2,1-3H3. The maximum absolute atomic E-state index is 13.5. The van der Waals surface area contributed by atoms with E-state index in [1.165, 1.54) is 13.2 Å². The zero-order chi connectivity index (χ0) is 11.5. The lowest BCUT2D eigenvalue weighted by atomic mass is 9.86. The van der Waals surface area contributed by atoms with E-state index in [0.717, 1.165) is 0 Å². The van der Waals surface area contributed by atoms with Gasteiger partial charge in [0.1, 0.15) is 11.6 Å². The normalized spacial score (nSPS) is 11.5. The second-order valence-electron chi connectivity index (χ2n) is 4.46. The fourth-order valence-corrected chi connectivity index (χ4v) is 1.37. The second kappa shape index (κ2) is 4.62. The maximum Gasteiger partial charge on any atom is 0.130 e. The van der Waals surface area contributed by atoms with E-state index in [4.69, 9.17) is 9.84 Å². The van der Waals surface area contributed by atoms with Gasteiger partial charge < -0.3 is 9.84 Å². The minimum absolute atomic E-state index is 0.0401. The monoisotopic (exact) mass is 212 g/mol. The van der Waals surface area contributed by atoms with Crippen LogP contribution < -0.4 is 4.74 Å². The zero-order valence-corrected chi connectivity index (χ0v) is 9.38. The summed E-state index contributed by atoms with van der Waals surface area (Å²) in [5, 5.41) is 9.10. The highest BCUT2D eigenvalue weighted by Gasteiger charge is 2.19. The quantitative estimate of drug-likeness (QED) is 0.830. The number of ether oxygens (including phenoxy) is 1. The van der Waals surface area contributed by atoms with Crippen molar-refractivity contribution in [3.63, 3.8) is 0 Å². The van der Waals surface area contributed by atoms with Crippen LogP contribution in [0, 0.1) is 11.2 Å². The highest BCUT2D eigenvalue weighted by atomic mass is 19.1. The van der Waals surface area contributed by atoms with Crippen molar-refractivity contribution >= 4 is 0 Å². The van der Waals surface area contributed by atoms with Gasteiger partial charge in [-0.25, -0.2) is 4.39 Å². The summed E-state index contributed by atoms with van der Waals surface area (Å²) in [6, 6.07) is 4.79. The summed E-state index contributed by atoms with van der Waals surface area (Å²) in [5.41, 5.74) is 0.310. The molecule has 0 aliphatic rings. The first-order valence-corrected chi connectivity index (χ1v) is 4.92. The van der Waals surface area contributed by atoms with E-state index >= 15 is 0 Å². The molecule has 0 aliphatic heterocycles. The zero-order valence-electron chi connectivity index (χ0n) is 9.38. The smallest absolute Gasteiger partial charge is 0.130 e. The Morgan fingerprint density at radius 2 is 2.07 bits per heavy atom. The molecule has 0 saturated heterocycles. The molecule has 1 N–H and O–H groups in total. The van der Waals surface area contributed by atoms with Crippen LogP contribution in [0.1, 0.15) is 19.4 Å². The minimum Gasteiger partial charge on any atom is -0.497 e. The fourth-order valence-electron chi connectivity index (χ4n) is 1.37. The molecule has 0 aliphatic carbocycles. The molecule has 0 spiro atoms. The van der Waals surface area contributed by atoms with E-state index in [1.807, 2.05) is 13.8 Å². The van der Waals surface area contributed by atoms with Gasteiger partial charge in [0, 0.05) is 12.7 Å². The van der Waals surface area contributed by atoms with Gasteiger partial charge in [0.05, 0.1) is 7.11 Å². The summed E-state index contributed by atoms with van der Waals surface area (Å²) in [7, 11) is 1.51. The predicted octanol–water partition coefficient (Wildman–Crippen LogP) is 2.40. The Hall–Kier alpha value is -1.09. The Balaban J connectivity index is 2.87. The fraction of sp³-hybridized carbons (Fsp3) is 0.500. The van der Waals surface area contributed by atoms with Gasteiger partial charge in [-0.15, -0.1) is 0 Å². The molecule has 1 aromatic rings. The molecular formula is C12H17FO2. The van der Waals surface area contributed by atoms with Crippen LogP contribution in [-0.2, 0) is 6.42 Å². The Kier molecular flexibility index (Phi) is 3.69. The number of hydrogen-bond donors (Lipinski definition) is 1. The van der Waals surface area contributed by atoms with E-state index < -0.39 is 0 Å². The number of halogens is 1. The average Bonchev–Trinajstić information content (AvgIpc) is 2.21. The summed E-state index contributed by atoms with van der Waals surface area (Å²) in [4.78, 5) is 0. The number of methoxy groups -OCH3 is 1. The largest absolute Gasteiger partial charge is 0.497 e. The van der Waals surface area contributed by atoms with Crippen LogP contribution >= 0.6 is 0 Å². The molecule has 0 aromatic heterocycles. The van der Waals surface area contributed by atoms with Crippen molar-refractivity contribution in [2.24, 2.45) is 5.41 Å². The van der Waals surface area contributed by atoms with E-state index in [1.54, 1.807) is 12.1 Å². The van der Waals surface area contributed by atoms with E-state index in [-0.39, 0.29) is 17.8 Å². The van der Waals surface area contributed by atoms with Gasteiger partial charge in [-0.1, -0.05) is 19.9 Å². The maximum atomic E-state index is 13.5. The SMILES string of the molecule is COc1ccc(CC(C)(C)CO)c(F)c1. The number of benzene rings is 1. The molecule has 1 rings (SSSR count). The molecule has 84 valence electrons. The average molecular weight is 212 g/mol. The van der Waals surface area contributed by atoms with Gasteiger partial charge in [0.15, 0.2) is 0 Å². The second-order valence-corrected chi connectivity index (χ2v) is 4.46. The highest BCUT2D eigenvalue weighted by Crippen LogP contribution is 2.24. The lowest BCUT2D eigenvalue weighted by Crippen LogP contribution is -2.20. The van der Waals surface area contributed by atoms with Crippen molar-refractivity contribution in [1.29, 1.82) is 0 Å². The van der Waals surface area contributed by atoms with Crippen LogP contribution in [0.25, 0.3) is 0 Å². The van der Waals surface area contributed by atoms with Gasteiger partial charge in [-0.2, -0.15) is 0 Å². The van der Waals surface area contributed by atoms with Gasteiger partial charge in [0.2, 0.25) is 0 Å². The molecule has 2 nitrogen and oxygen atoms in total. The van der Waals surface area contributed by atoms with E-state index in [2.05, 4.69) is 0 Å². The number of hydrogen-bond acceptors (Lipinski definition) is 2. The topological polar surface area (TPSA) is 29.5 Å². The summed E-state index contributed by atoms with van der Waals surface area (Å²) in [6.07, 6.45) is 0.513. The minimum atomic E-state index is -0.296. The lowest BCUT2D eigenvalue weighted by Gasteiger charge is -2.21. The van der Waals surface area contributed by atoms with Crippen LogP contribution in [0.5, 0.6) is 5.75 Å². The van der Waals surface area contributed by atoms with Crippen LogP contribution in [0.3, 0.4) is 0 Å². The summed E-state index contributed by atoms with van der Waals surface area (Å²) < 4.78 is 18.5. The molecule has 0 bridgehead atoms. The first-order valence-electron chi connectivity index (χ1n) is 4.92. The molecule has 0 heterocycles. The Labute approximate surface area is 89.7 Å². The first-order chi connectivity index (χ1) is 6.98. The molecule has 0 unspecified atom stereocenters. The van der Waals surface area contributed by atoms with Crippen LogP contribution in [0.2, 0.25) is 0 Å². The van der Waals surface area contributed by atoms with Crippen molar-refractivity contribution in [3.05, 3.63) is 29.6 Å². The van der Waals surface area contributed by atoms with Crippen LogP contribution in [0.15, 0.2) is 18.2 Å². The lowest BCUT2D eigenvalue weighted by molar-refractivity contribution is 0.158. The molecule has 0 fully saturated rings. The Morgan fingerprint density at radius 1 is 1.40 bits per heavy atom. The molecule has 0 radical (unpaired) electrons. The van der Waals surface area contributed by atoms with Crippen molar-refractivity contribution in [1.82, 2.24) is 0 Å². The third-order valence-corrected chi connectivity index (χ3v) is 2.36. The van der Waals surface area contributed by atoms with Crippen molar-refractivity contribution in [3.8, 4) is 5.75 Å². The Morgan fingerprint density at radius 3 is 2.53 bits per heavy atom. The van der Waals surface area contributed by atoms with Gasteiger partial charge in [-0.05, 0) is 23.5 Å². The van der Waals surface area contributed by atoms with Crippen molar-refractivity contribution in [2.45, 2.75) is 20.3 Å². The third-order valence-electron chi connectivity index (χ3n) is 2.36. The van der Waals surface area contributed by atoms with Gasteiger partial charge in [0.25, 0.3) is 0 Å². The van der Waals surface area contributed by atoms with Gasteiger partial charge >= 0.3 is 0 Å². The number of aliphatic hydroxyl groups is 1. The van der Waals surface area contributed by atoms with E-state index in [0.29, 0.717) is 17.7 Å².